The first-order valence-electron chi connectivity index (χ1n) is 11.5. The van der Waals surface area contributed by atoms with E-state index < -0.39 is 17.9 Å². The van der Waals surface area contributed by atoms with Gasteiger partial charge < -0.3 is 18.9 Å². The highest BCUT2D eigenvalue weighted by Crippen LogP contribution is 2.60. The van der Waals surface area contributed by atoms with Crippen LogP contribution < -0.4 is 0 Å². The Morgan fingerprint density at radius 1 is 1.00 bits per heavy atom. The van der Waals surface area contributed by atoms with E-state index in [4.69, 9.17) is 18.9 Å². The van der Waals surface area contributed by atoms with Crippen molar-refractivity contribution in [3.63, 3.8) is 0 Å². The van der Waals surface area contributed by atoms with Crippen LogP contribution in [0, 0.1) is 30.6 Å². The Labute approximate surface area is 190 Å². The van der Waals surface area contributed by atoms with Gasteiger partial charge in [-0.15, -0.1) is 0 Å². The molecule has 6 nitrogen and oxygen atoms in total. The Bertz CT molecular complexity index is 869. The molecule has 4 fully saturated rings. The number of benzene rings is 1. The van der Waals surface area contributed by atoms with Gasteiger partial charge in [-0.05, 0) is 74.8 Å². The van der Waals surface area contributed by atoms with Crippen molar-refractivity contribution >= 4 is 17.7 Å². The number of carbonyl (C=O) groups excluding carboxylic acids is 2. The Kier molecular flexibility index (Phi) is 6.61. The molecule has 4 aliphatic carbocycles. The third-order valence-corrected chi connectivity index (χ3v) is 7.55. The summed E-state index contributed by atoms with van der Waals surface area (Å²) in [5, 5.41) is 0. The quantitative estimate of drug-likeness (QED) is 0.340. The summed E-state index contributed by atoms with van der Waals surface area (Å²) in [6.45, 7) is 2.45. The van der Waals surface area contributed by atoms with Crippen molar-refractivity contribution in [3.8, 4) is 0 Å². The lowest BCUT2D eigenvalue weighted by Gasteiger charge is -2.57. The maximum absolute atomic E-state index is 12.0. The summed E-state index contributed by atoms with van der Waals surface area (Å²) in [5.74, 6) is 0.523. The first-order valence-corrected chi connectivity index (χ1v) is 11.5. The van der Waals surface area contributed by atoms with Crippen molar-refractivity contribution in [3.05, 3.63) is 41.0 Å². The minimum atomic E-state index is -0.934. The molecular weight excluding hydrogens is 408 g/mol. The molecule has 4 aliphatic rings. The van der Waals surface area contributed by atoms with E-state index in [2.05, 4.69) is 31.2 Å². The second kappa shape index (κ2) is 9.26. The number of hydrogen-bond acceptors (Lipinski definition) is 6. The van der Waals surface area contributed by atoms with E-state index >= 15 is 0 Å². The molecule has 4 bridgehead atoms. The number of allylic oxidation sites excluding steroid dienone is 1. The fourth-order valence-electron chi connectivity index (χ4n) is 6.46. The fourth-order valence-corrected chi connectivity index (χ4v) is 6.46. The summed E-state index contributed by atoms with van der Waals surface area (Å²) >= 11 is 0. The van der Waals surface area contributed by atoms with Crippen LogP contribution in [-0.2, 0) is 28.5 Å². The van der Waals surface area contributed by atoms with Gasteiger partial charge in [0.25, 0.3) is 0 Å². The highest BCUT2D eigenvalue weighted by Gasteiger charge is 2.55. The van der Waals surface area contributed by atoms with Gasteiger partial charge in [0.05, 0.1) is 26.9 Å². The van der Waals surface area contributed by atoms with Crippen LogP contribution in [0.15, 0.2) is 29.8 Å². The number of methoxy groups -OCH3 is 3. The predicted molar refractivity (Wildman–Crippen MR) is 119 cm³/mol. The predicted octanol–water partition coefficient (Wildman–Crippen LogP) is 4.30. The van der Waals surface area contributed by atoms with E-state index in [9.17, 15) is 9.59 Å². The molecule has 6 heteroatoms. The summed E-state index contributed by atoms with van der Waals surface area (Å²) in [5.41, 5.74) is 3.66. The molecule has 0 radical (unpaired) electrons. The first-order chi connectivity index (χ1) is 15.4. The zero-order valence-electron chi connectivity index (χ0n) is 19.5. The highest BCUT2D eigenvalue weighted by atomic mass is 16.5. The third kappa shape index (κ3) is 4.29. The number of hydrogen-bond donors (Lipinski definition) is 0. The summed E-state index contributed by atoms with van der Waals surface area (Å²) in [6.07, 6.45) is 5.63. The van der Waals surface area contributed by atoms with Gasteiger partial charge in [-0.1, -0.05) is 23.8 Å². The monoisotopic (exact) mass is 442 g/mol. The number of aryl methyl sites for hydroxylation is 1. The van der Waals surface area contributed by atoms with Crippen LogP contribution >= 0.6 is 0 Å². The molecule has 0 spiro atoms. The molecule has 2 unspecified atom stereocenters. The van der Waals surface area contributed by atoms with Crippen LogP contribution in [0.4, 0.5) is 0 Å². The van der Waals surface area contributed by atoms with Crippen LogP contribution in [0.25, 0.3) is 5.76 Å². The van der Waals surface area contributed by atoms with Crippen LogP contribution in [0.1, 0.15) is 49.7 Å². The largest absolute Gasteiger partial charge is 0.496 e. The van der Waals surface area contributed by atoms with Gasteiger partial charge in [-0.25, -0.2) is 0 Å². The molecule has 4 saturated carbocycles. The molecule has 2 atom stereocenters. The van der Waals surface area contributed by atoms with E-state index in [1.54, 1.807) is 7.11 Å². The van der Waals surface area contributed by atoms with Crippen LogP contribution in [0.5, 0.6) is 0 Å². The molecule has 0 aliphatic heterocycles. The molecule has 1 aromatic rings. The van der Waals surface area contributed by atoms with Gasteiger partial charge in [-0.3, -0.25) is 9.59 Å². The molecule has 0 amide bonds. The zero-order chi connectivity index (χ0) is 22.9. The van der Waals surface area contributed by atoms with Gasteiger partial charge in [-0.2, -0.15) is 0 Å². The average molecular weight is 443 g/mol. The SMILES string of the molecule is COC(=O)C(CCOC12CC3CC(C1)C(=C(OC)c1cccc(C)c1)C(C3)C2)C(=O)OC. The molecule has 5 rings (SSSR count). The Morgan fingerprint density at radius 2 is 1.66 bits per heavy atom. The number of esters is 2. The summed E-state index contributed by atoms with van der Waals surface area (Å²) < 4.78 is 22.0. The van der Waals surface area contributed by atoms with E-state index in [0.29, 0.717) is 24.4 Å². The van der Waals surface area contributed by atoms with Crippen molar-refractivity contribution in [2.75, 3.05) is 27.9 Å². The van der Waals surface area contributed by atoms with Crippen LogP contribution in [-0.4, -0.2) is 45.5 Å². The fraction of sp³-hybridized carbons (Fsp3) is 0.615. The normalized spacial score (nSPS) is 28.0. The minimum absolute atomic E-state index is 0.178. The Balaban J connectivity index is 1.50. The smallest absolute Gasteiger partial charge is 0.320 e. The Morgan fingerprint density at radius 3 is 2.22 bits per heavy atom. The number of ether oxygens (including phenoxy) is 4. The lowest BCUT2D eigenvalue weighted by atomic mass is 9.52. The highest BCUT2D eigenvalue weighted by molar-refractivity contribution is 5.94. The molecule has 0 saturated heterocycles. The zero-order valence-corrected chi connectivity index (χ0v) is 19.5. The van der Waals surface area contributed by atoms with Crippen molar-refractivity contribution in [1.82, 2.24) is 0 Å². The van der Waals surface area contributed by atoms with Gasteiger partial charge in [0.15, 0.2) is 5.92 Å². The van der Waals surface area contributed by atoms with Gasteiger partial charge in [0.2, 0.25) is 0 Å². The molecule has 0 aromatic heterocycles. The standard InChI is InChI=1S/C26H34O6/c1-16-6-5-7-18(10-16)23(29-2)22-19-11-17-12-20(22)15-26(13-17,14-19)32-9-8-21(24(27)30-3)25(28)31-4/h5-7,10,17,19-21H,8-9,11-15H2,1-4H3. The van der Waals surface area contributed by atoms with Crippen LogP contribution in [0.2, 0.25) is 0 Å². The van der Waals surface area contributed by atoms with E-state index in [1.807, 2.05) is 0 Å². The summed E-state index contributed by atoms with van der Waals surface area (Å²) in [7, 11) is 4.35. The topological polar surface area (TPSA) is 71.1 Å². The van der Waals surface area contributed by atoms with Crippen molar-refractivity contribution in [2.45, 2.75) is 51.0 Å². The average Bonchev–Trinajstić information content (AvgIpc) is 2.77. The van der Waals surface area contributed by atoms with Crippen LogP contribution in [0.3, 0.4) is 0 Å². The molecule has 32 heavy (non-hydrogen) atoms. The molecule has 174 valence electrons. The third-order valence-electron chi connectivity index (χ3n) is 7.55. The molecule has 1 aromatic carbocycles. The number of rotatable bonds is 8. The van der Waals surface area contributed by atoms with Crippen molar-refractivity contribution in [1.29, 1.82) is 0 Å². The van der Waals surface area contributed by atoms with Gasteiger partial charge in [0, 0.05) is 12.2 Å². The lowest BCUT2D eigenvalue weighted by molar-refractivity contribution is -0.165. The second-order valence-corrected chi connectivity index (χ2v) is 9.62. The van der Waals surface area contributed by atoms with Gasteiger partial charge in [0.1, 0.15) is 5.76 Å². The van der Waals surface area contributed by atoms with Gasteiger partial charge >= 0.3 is 11.9 Å². The lowest BCUT2D eigenvalue weighted by Crippen LogP contribution is -2.53. The second-order valence-electron chi connectivity index (χ2n) is 9.62. The van der Waals surface area contributed by atoms with E-state index in [1.165, 1.54) is 38.2 Å². The summed E-state index contributed by atoms with van der Waals surface area (Å²) in [4.78, 5) is 24.0. The maximum Gasteiger partial charge on any atom is 0.320 e. The first kappa shape index (κ1) is 22.8. The Hall–Kier alpha value is -2.34. The number of carbonyl (C=O) groups is 2. The minimum Gasteiger partial charge on any atom is -0.496 e. The molecular formula is C26H34O6. The summed E-state index contributed by atoms with van der Waals surface area (Å²) in [6, 6.07) is 8.53. The maximum atomic E-state index is 12.0. The molecule has 0 N–H and O–H groups in total. The van der Waals surface area contributed by atoms with Crippen molar-refractivity contribution < 1.29 is 28.5 Å². The molecule has 0 heterocycles. The van der Waals surface area contributed by atoms with E-state index in [-0.39, 0.29) is 12.0 Å². The van der Waals surface area contributed by atoms with E-state index in [0.717, 1.165) is 30.6 Å². The van der Waals surface area contributed by atoms with Crippen molar-refractivity contribution in [2.24, 2.45) is 23.7 Å².